The second kappa shape index (κ2) is 12.2. The summed E-state index contributed by atoms with van der Waals surface area (Å²) in [7, 11) is 3.07. The number of carbonyl (C=O) groups is 2. The molecule has 0 bridgehead atoms. The minimum atomic E-state index is -0.970. The van der Waals surface area contributed by atoms with Crippen LogP contribution in [0.3, 0.4) is 0 Å². The van der Waals surface area contributed by atoms with Gasteiger partial charge in [0.05, 0.1) is 25.8 Å². The van der Waals surface area contributed by atoms with Gasteiger partial charge in [-0.3, -0.25) is 14.5 Å². The number of nitrogens with one attached hydrogen (secondary N) is 1. The van der Waals surface area contributed by atoms with Gasteiger partial charge in [-0.25, -0.2) is 4.68 Å². The summed E-state index contributed by atoms with van der Waals surface area (Å²) in [6, 6.07) is 19.2. The molecule has 2 unspecified atom stereocenters. The zero-order valence-corrected chi connectivity index (χ0v) is 22.9. The number of rotatable bonds is 10. The summed E-state index contributed by atoms with van der Waals surface area (Å²) in [5.41, 5.74) is 3.59. The van der Waals surface area contributed by atoms with Crippen molar-refractivity contribution in [3.05, 3.63) is 77.9 Å². The third-order valence-corrected chi connectivity index (χ3v) is 7.05. The molecule has 0 radical (unpaired) electrons. The Bertz CT molecular complexity index is 1480. The lowest BCUT2D eigenvalue weighted by Crippen LogP contribution is -2.46. The van der Waals surface area contributed by atoms with Gasteiger partial charge in [-0.05, 0) is 49.6 Å². The first-order chi connectivity index (χ1) is 19.5. The van der Waals surface area contributed by atoms with E-state index in [1.54, 1.807) is 30.0 Å². The van der Waals surface area contributed by atoms with Crippen LogP contribution in [0.25, 0.3) is 11.0 Å². The molecule has 40 heavy (non-hydrogen) atoms. The minimum Gasteiger partial charge on any atom is -0.493 e. The summed E-state index contributed by atoms with van der Waals surface area (Å²) in [6.45, 7) is 2.90. The normalized spacial score (nSPS) is 15.5. The third kappa shape index (κ3) is 5.76. The van der Waals surface area contributed by atoms with Crippen LogP contribution in [0.2, 0.25) is 0 Å². The first kappa shape index (κ1) is 27.1. The van der Waals surface area contributed by atoms with E-state index in [-0.39, 0.29) is 24.5 Å². The number of hydrogen-bond donors (Lipinski definition) is 1. The van der Waals surface area contributed by atoms with Crippen molar-refractivity contribution in [1.29, 1.82) is 0 Å². The zero-order chi connectivity index (χ0) is 28.1. The van der Waals surface area contributed by atoms with Crippen molar-refractivity contribution in [2.45, 2.75) is 38.5 Å². The minimum absolute atomic E-state index is 0.0469. The number of nitrogens with zero attached hydrogens (tertiary/aromatic N) is 4. The summed E-state index contributed by atoms with van der Waals surface area (Å²) >= 11 is 0. The highest BCUT2D eigenvalue weighted by Gasteiger charge is 2.34. The van der Waals surface area contributed by atoms with E-state index in [1.807, 2.05) is 55.5 Å². The molecule has 2 amide bonds. The summed E-state index contributed by atoms with van der Waals surface area (Å²) < 4.78 is 18.2. The van der Waals surface area contributed by atoms with Crippen LogP contribution in [0, 0.1) is 6.92 Å². The largest absolute Gasteiger partial charge is 0.493 e. The van der Waals surface area contributed by atoms with Crippen LogP contribution in [0.1, 0.15) is 30.0 Å². The number of amides is 2. The van der Waals surface area contributed by atoms with Crippen molar-refractivity contribution in [3.63, 3.8) is 0 Å². The lowest BCUT2D eigenvalue weighted by molar-refractivity contribution is -0.127. The fourth-order valence-corrected chi connectivity index (χ4v) is 4.93. The van der Waals surface area contributed by atoms with E-state index in [4.69, 9.17) is 14.2 Å². The van der Waals surface area contributed by atoms with E-state index in [0.29, 0.717) is 41.4 Å². The number of aryl methyl sites for hydroxylation is 1. The molecular formula is C30H33N5O5. The van der Waals surface area contributed by atoms with E-state index in [9.17, 15) is 9.59 Å². The molecule has 10 nitrogen and oxygen atoms in total. The third-order valence-electron chi connectivity index (χ3n) is 7.05. The Morgan fingerprint density at radius 3 is 2.58 bits per heavy atom. The van der Waals surface area contributed by atoms with Crippen molar-refractivity contribution in [2.24, 2.45) is 0 Å². The van der Waals surface area contributed by atoms with Crippen molar-refractivity contribution in [3.8, 4) is 11.5 Å². The van der Waals surface area contributed by atoms with Gasteiger partial charge in [-0.15, -0.1) is 5.10 Å². The van der Waals surface area contributed by atoms with Gasteiger partial charge in [0.25, 0.3) is 0 Å². The van der Waals surface area contributed by atoms with Gasteiger partial charge in [-0.2, -0.15) is 0 Å². The molecule has 1 fully saturated rings. The highest BCUT2D eigenvalue weighted by atomic mass is 16.5. The van der Waals surface area contributed by atoms with Crippen LogP contribution in [-0.4, -0.2) is 60.3 Å². The van der Waals surface area contributed by atoms with Gasteiger partial charge < -0.3 is 19.5 Å². The van der Waals surface area contributed by atoms with Gasteiger partial charge in [0, 0.05) is 24.9 Å². The molecule has 1 N–H and O–H groups in total. The van der Waals surface area contributed by atoms with E-state index < -0.39 is 6.04 Å². The molecule has 4 aromatic rings. The molecule has 1 saturated heterocycles. The molecule has 1 aliphatic rings. The Hall–Kier alpha value is -4.44. The molecule has 5 rings (SSSR count). The molecule has 10 heteroatoms. The maximum absolute atomic E-state index is 14.2. The lowest BCUT2D eigenvalue weighted by Gasteiger charge is -2.32. The number of carbonyl (C=O) groups excluding carboxylic acids is 2. The highest BCUT2D eigenvalue weighted by molar-refractivity contribution is 6.01. The number of benzene rings is 3. The first-order valence-corrected chi connectivity index (χ1v) is 13.3. The topological polar surface area (TPSA) is 108 Å². The van der Waals surface area contributed by atoms with Gasteiger partial charge >= 0.3 is 0 Å². The molecule has 1 aliphatic heterocycles. The van der Waals surface area contributed by atoms with E-state index in [1.165, 1.54) is 12.0 Å². The van der Waals surface area contributed by atoms with Crippen molar-refractivity contribution in [1.82, 2.24) is 20.3 Å². The van der Waals surface area contributed by atoms with Crippen LogP contribution in [0.15, 0.2) is 66.7 Å². The molecule has 208 valence electrons. The highest BCUT2D eigenvalue weighted by Crippen LogP contribution is 2.36. The Labute approximate surface area is 232 Å². The SMILES string of the molecule is COc1ccc(N(C(=O)Cn2nnc3ccccc32)C(C(=O)NCC2CCCO2)c2ccc(C)cc2)cc1OC. The quantitative estimate of drug-likeness (QED) is 0.324. The van der Waals surface area contributed by atoms with Crippen LogP contribution in [0.5, 0.6) is 11.5 Å². The predicted molar refractivity (Wildman–Crippen MR) is 150 cm³/mol. The number of hydrogen-bond acceptors (Lipinski definition) is 7. The molecular weight excluding hydrogens is 510 g/mol. The van der Waals surface area contributed by atoms with Gasteiger partial charge in [-0.1, -0.05) is 47.2 Å². The fourth-order valence-electron chi connectivity index (χ4n) is 4.93. The van der Waals surface area contributed by atoms with Crippen LogP contribution in [-0.2, 0) is 20.9 Å². The molecule has 2 heterocycles. The number of para-hydroxylation sites is 1. The van der Waals surface area contributed by atoms with Crippen LogP contribution < -0.4 is 19.7 Å². The average molecular weight is 544 g/mol. The summed E-state index contributed by atoms with van der Waals surface area (Å²) in [5.74, 6) is 0.286. The summed E-state index contributed by atoms with van der Waals surface area (Å²) in [5, 5.41) is 11.4. The second-order valence-corrected chi connectivity index (χ2v) is 9.73. The van der Waals surface area contributed by atoms with E-state index >= 15 is 0 Å². The molecule has 1 aromatic heterocycles. The number of ether oxygens (including phenoxy) is 3. The maximum atomic E-state index is 14.2. The number of methoxy groups -OCH3 is 2. The van der Waals surface area contributed by atoms with Crippen LogP contribution in [0.4, 0.5) is 5.69 Å². The molecule has 0 saturated carbocycles. The first-order valence-electron chi connectivity index (χ1n) is 13.3. The Morgan fingerprint density at radius 2 is 1.85 bits per heavy atom. The van der Waals surface area contributed by atoms with Gasteiger partial charge in [0.15, 0.2) is 11.5 Å². The number of aromatic nitrogens is 3. The molecule has 3 aromatic carbocycles. The van der Waals surface area contributed by atoms with E-state index in [2.05, 4.69) is 15.6 Å². The average Bonchev–Trinajstić information content (AvgIpc) is 3.65. The zero-order valence-electron chi connectivity index (χ0n) is 22.9. The predicted octanol–water partition coefficient (Wildman–Crippen LogP) is 3.83. The lowest BCUT2D eigenvalue weighted by atomic mass is 10.0. The van der Waals surface area contributed by atoms with Gasteiger partial charge in [0.1, 0.15) is 18.1 Å². The number of anilines is 1. The molecule has 0 spiro atoms. The van der Waals surface area contributed by atoms with E-state index in [0.717, 1.165) is 23.9 Å². The Morgan fingerprint density at radius 1 is 1.07 bits per heavy atom. The molecule has 2 atom stereocenters. The van der Waals surface area contributed by atoms with Crippen molar-refractivity contribution < 1.29 is 23.8 Å². The van der Waals surface area contributed by atoms with Gasteiger partial charge in [0.2, 0.25) is 11.8 Å². The van der Waals surface area contributed by atoms with Crippen molar-refractivity contribution >= 4 is 28.5 Å². The number of fused-ring (bicyclic) bond motifs is 1. The Kier molecular flexibility index (Phi) is 8.26. The second-order valence-electron chi connectivity index (χ2n) is 9.73. The summed E-state index contributed by atoms with van der Waals surface area (Å²) in [4.78, 5) is 29.7. The van der Waals surface area contributed by atoms with Crippen molar-refractivity contribution in [2.75, 3.05) is 32.3 Å². The summed E-state index contributed by atoms with van der Waals surface area (Å²) in [6.07, 6.45) is 1.80. The fraction of sp³-hybridized carbons (Fsp3) is 0.333. The maximum Gasteiger partial charge on any atom is 0.249 e. The smallest absolute Gasteiger partial charge is 0.249 e. The Balaban J connectivity index is 1.57. The van der Waals surface area contributed by atoms with Crippen LogP contribution >= 0.6 is 0 Å². The monoisotopic (exact) mass is 543 g/mol. The molecule has 0 aliphatic carbocycles. The standard InChI is InChI=1S/C30H33N5O5/c1-20-10-12-21(13-11-20)29(30(37)31-18-23-7-6-16-40-23)35(22-14-15-26(38-2)27(17-22)39-3)28(36)19-34-25-9-5-4-8-24(25)32-33-34/h4-5,8-15,17,23,29H,6-7,16,18-19H2,1-3H3,(H,31,37).